The molecule has 0 aromatic carbocycles. The van der Waals surface area contributed by atoms with E-state index in [9.17, 15) is 14.4 Å². The van der Waals surface area contributed by atoms with Gasteiger partial charge >= 0.3 is 11.9 Å². The Bertz CT molecular complexity index is 761. The fourth-order valence-electron chi connectivity index (χ4n) is 3.69. The molecule has 6 nitrogen and oxygen atoms in total. The smallest absolute Gasteiger partial charge is 0.341 e. The van der Waals surface area contributed by atoms with Crippen LogP contribution in [0.25, 0.3) is 0 Å². The number of carbonyl (C=O) groups excluding carboxylic acids is 2. The van der Waals surface area contributed by atoms with Crippen LogP contribution in [0.2, 0.25) is 0 Å². The van der Waals surface area contributed by atoms with Crippen LogP contribution in [0, 0.1) is 23.2 Å². The van der Waals surface area contributed by atoms with Crippen LogP contribution in [0.3, 0.4) is 0 Å². The van der Waals surface area contributed by atoms with Gasteiger partial charge in [-0.3, -0.25) is 9.59 Å². The maximum atomic E-state index is 12.4. The second kappa shape index (κ2) is 6.68. The Balaban J connectivity index is 1.86. The van der Waals surface area contributed by atoms with E-state index in [-0.39, 0.29) is 11.3 Å². The van der Waals surface area contributed by atoms with Gasteiger partial charge in [0.1, 0.15) is 5.00 Å². The summed E-state index contributed by atoms with van der Waals surface area (Å²) in [5.41, 5.74) is 1.60. The van der Waals surface area contributed by atoms with E-state index in [1.54, 1.807) is 0 Å². The number of anilines is 1. The van der Waals surface area contributed by atoms with Crippen molar-refractivity contribution in [1.29, 1.82) is 0 Å². The van der Waals surface area contributed by atoms with Crippen LogP contribution >= 0.6 is 11.3 Å². The van der Waals surface area contributed by atoms with Crippen LogP contribution in [0.4, 0.5) is 5.00 Å². The molecular weight excluding hydrogens is 354 g/mol. The van der Waals surface area contributed by atoms with Gasteiger partial charge in [-0.1, -0.05) is 20.8 Å². The van der Waals surface area contributed by atoms with Crippen molar-refractivity contribution in [2.45, 2.75) is 46.5 Å². The normalized spacial score (nSPS) is 24.5. The maximum Gasteiger partial charge on any atom is 0.341 e. The molecule has 1 heterocycles. The van der Waals surface area contributed by atoms with E-state index in [0.29, 0.717) is 22.9 Å². The van der Waals surface area contributed by atoms with Crippen LogP contribution in [0.5, 0.6) is 0 Å². The quantitative estimate of drug-likeness (QED) is 0.783. The molecule has 142 valence electrons. The molecule has 2 aliphatic carbocycles. The number of methoxy groups -OCH3 is 1. The monoisotopic (exact) mass is 379 g/mol. The minimum atomic E-state index is -0.947. The molecule has 3 atom stereocenters. The lowest BCUT2D eigenvalue weighted by Gasteiger charge is -2.33. The molecule has 0 radical (unpaired) electrons. The van der Waals surface area contributed by atoms with E-state index < -0.39 is 23.8 Å². The van der Waals surface area contributed by atoms with Crippen molar-refractivity contribution in [3.8, 4) is 0 Å². The Morgan fingerprint density at radius 2 is 1.92 bits per heavy atom. The molecule has 0 aliphatic heterocycles. The SMILES string of the molecule is COC(=O)c1c(NC(=O)C2CC2C(=O)O)sc2c1CCC(C(C)(C)C)C2. The topological polar surface area (TPSA) is 92.7 Å². The van der Waals surface area contributed by atoms with Gasteiger partial charge in [0.25, 0.3) is 0 Å². The molecule has 3 unspecified atom stereocenters. The number of aliphatic carboxylic acids is 1. The zero-order valence-electron chi connectivity index (χ0n) is 15.5. The summed E-state index contributed by atoms with van der Waals surface area (Å²) in [5.74, 6) is -2.33. The highest BCUT2D eigenvalue weighted by atomic mass is 32.1. The molecular formula is C19H25NO5S. The number of carbonyl (C=O) groups is 3. The second-order valence-corrected chi connectivity index (χ2v) is 9.39. The summed E-state index contributed by atoms with van der Waals surface area (Å²) in [6.07, 6.45) is 3.01. The van der Waals surface area contributed by atoms with Gasteiger partial charge in [-0.2, -0.15) is 0 Å². The first-order valence-corrected chi connectivity index (χ1v) is 9.71. The van der Waals surface area contributed by atoms with E-state index in [4.69, 9.17) is 9.84 Å². The van der Waals surface area contributed by atoms with Gasteiger partial charge in [0.15, 0.2) is 0 Å². The lowest BCUT2D eigenvalue weighted by atomic mass is 9.72. The standard InChI is InChI=1S/C19H25NO5S/c1-19(2,3)9-5-6-10-13(7-9)26-16(14(10)18(24)25-4)20-15(21)11-8-12(11)17(22)23/h9,11-12H,5-8H2,1-4H3,(H,20,21)(H,22,23). The molecule has 1 aromatic rings. The Morgan fingerprint density at radius 1 is 1.23 bits per heavy atom. The zero-order chi connectivity index (χ0) is 19.2. The number of hydrogen-bond acceptors (Lipinski definition) is 5. The first kappa shape index (κ1) is 18.9. The predicted octanol–water partition coefficient (Wildman–Crippen LogP) is 3.34. The second-order valence-electron chi connectivity index (χ2n) is 8.28. The molecule has 7 heteroatoms. The van der Waals surface area contributed by atoms with Crippen molar-refractivity contribution < 1.29 is 24.2 Å². The highest BCUT2D eigenvalue weighted by molar-refractivity contribution is 7.17. The Labute approximate surface area is 156 Å². The molecule has 1 fully saturated rings. The summed E-state index contributed by atoms with van der Waals surface area (Å²) < 4.78 is 4.93. The lowest BCUT2D eigenvalue weighted by Crippen LogP contribution is -2.26. The van der Waals surface area contributed by atoms with Gasteiger partial charge in [-0.05, 0) is 42.6 Å². The molecule has 1 aromatic heterocycles. The molecule has 1 saturated carbocycles. The summed E-state index contributed by atoms with van der Waals surface area (Å²) in [6, 6.07) is 0. The molecule has 3 rings (SSSR count). The molecule has 0 spiro atoms. The van der Waals surface area contributed by atoms with Crippen LogP contribution in [0.15, 0.2) is 0 Å². The number of amides is 1. The van der Waals surface area contributed by atoms with E-state index >= 15 is 0 Å². The van der Waals surface area contributed by atoms with E-state index in [1.165, 1.54) is 18.4 Å². The van der Waals surface area contributed by atoms with Gasteiger partial charge in [0.2, 0.25) is 5.91 Å². The Morgan fingerprint density at radius 3 is 2.46 bits per heavy atom. The van der Waals surface area contributed by atoms with Gasteiger partial charge in [0.05, 0.1) is 24.5 Å². The first-order valence-electron chi connectivity index (χ1n) is 8.90. The van der Waals surface area contributed by atoms with Crippen molar-refractivity contribution >= 4 is 34.2 Å². The largest absolute Gasteiger partial charge is 0.481 e. The highest BCUT2D eigenvalue weighted by Crippen LogP contribution is 2.45. The predicted molar refractivity (Wildman–Crippen MR) is 98.5 cm³/mol. The fraction of sp³-hybridized carbons (Fsp3) is 0.632. The average molecular weight is 379 g/mol. The zero-order valence-corrected chi connectivity index (χ0v) is 16.4. The summed E-state index contributed by atoms with van der Waals surface area (Å²) in [5, 5.41) is 12.3. The maximum absolute atomic E-state index is 12.4. The lowest BCUT2D eigenvalue weighted by molar-refractivity contribution is -0.139. The van der Waals surface area contributed by atoms with Crippen LogP contribution in [-0.4, -0.2) is 30.1 Å². The molecule has 0 bridgehead atoms. The highest BCUT2D eigenvalue weighted by Gasteiger charge is 2.48. The van der Waals surface area contributed by atoms with Gasteiger partial charge in [-0.15, -0.1) is 11.3 Å². The van der Waals surface area contributed by atoms with Crippen molar-refractivity contribution in [1.82, 2.24) is 0 Å². The van der Waals surface area contributed by atoms with Gasteiger partial charge in [-0.25, -0.2) is 4.79 Å². The Hall–Kier alpha value is -1.89. The first-order chi connectivity index (χ1) is 12.1. The van der Waals surface area contributed by atoms with Crippen molar-refractivity contribution in [2.24, 2.45) is 23.2 Å². The number of ether oxygens (including phenoxy) is 1. The van der Waals surface area contributed by atoms with Crippen LogP contribution in [0.1, 0.15) is 54.4 Å². The van der Waals surface area contributed by atoms with Gasteiger partial charge < -0.3 is 15.2 Å². The van der Waals surface area contributed by atoms with Crippen molar-refractivity contribution in [2.75, 3.05) is 12.4 Å². The summed E-state index contributed by atoms with van der Waals surface area (Å²) in [7, 11) is 1.33. The Kier molecular flexibility index (Phi) is 4.86. The van der Waals surface area contributed by atoms with Crippen molar-refractivity contribution in [3.63, 3.8) is 0 Å². The number of hydrogen-bond donors (Lipinski definition) is 2. The third-order valence-corrected chi connectivity index (χ3v) is 6.73. The number of carboxylic acids is 1. The van der Waals surface area contributed by atoms with Crippen LogP contribution in [-0.2, 0) is 27.2 Å². The molecule has 2 aliphatic rings. The molecule has 2 N–H and O–H groups in total. The minimum Gasteiger partial charge on any atom is -0.481 e. The average Bonchev–Trinajstić information content (AvgIpc) is 3.29. The number of nitrogens with one attached hydrogen (secondary N) is 1. The summed E-state index contributed by atoms with van der Waals surface area (Å²) >= 11 is 1.43. The molecule has 0 saturated heterocycles. The van der Waals surface area contributed by atoms with E-state index in [0.717, 1.165) is 29.7 Å². The van der Waals surface area contributed by atoms with Crippen LogP contribution < -0.4 is 5.32 Å². The van der Waals surface area contributed by atoms with E-state index in [2.05, 4.69) is 26.1 Å². The third kappa shape index (κ3) is 3.49. The molecule has 1 amide bonds. The number of fused-ring (bicyclic) bond motifs is 1. The molecule has 26 heavy (non-hydrogen) atoms. The fourth-order valence-corrected chi connectivity index (χ4v) is 5.01. The number of carboxylic acid groups (broad SMARTS) is 1. The van der Waals surface area contributed by atoms with E-state index in [1.807, 2.05) is 0 Å². The summed E-state index contributed by atoms with van der Waals surface area (Å²) in [4.78, 5) is 36.8. The third-order valence-electron chi connectivity index (χ3n) is 5.56. The number of thiophene rings is 1. The number of esters is 1. The van der Waals surface area contributed by atoms with Gasteiger partial charge in [0, 0.05) is 4.88 Å². The number of rotatable bonds is 4. The summed E-state index contributed by atoms with van der Waals surface area (Å²) in [6.45, 7) is 6.66. The van der Waals surface area contributed by atoms with Crippen molar-refractivity contribution in [3.05, 3.63) is 16.0 Å². The minimum absolute atomic E-state index is 0.180.